The second-order valence-electron chi connectivity index (χ2n) is 7.30. The first-order chi connectivity index (χ1) is 9.08. The minimum atomic E-state index is -0.161. The number of hydrogen-bond acceptors (Lipinski definition) is 2. The Morgan fingerprint density at radius 3 is 2.00 bits per heavy atom. The average Bonchev–Trinajstić information content (AvgIpc) is 2.26. The number of amides is 1. The molecule has 0 aliphatic rings. The topological polar surface area (TPSA) is 41.1 Å². The maximum atomic E-state index is 11.7. The minimum Gasteiger partial charge on any atom is -0.385 e. The summed E-state index contributed by atoms with van der Waals surface area (Å²) in [5.41, 5.74) is 2.38. The molecule has 0 bridgehead atoms. The van der Waals surface area contributed by atoms with Crippen LogP contribution in [-0.2, 0) is 10.2 Å². The molecule has 0 saturated carbocycles. The number of carbonyl (C=O) groups is 1. The maximum absolute atomic E-state index is 11.7. The summed E-state index contributed by atoms with van der Waals surface area (Å²) in [5.74, 6) is 0.0799. The SMILES string of the molecule is CC(C)(C)NC(=O)CCNc1ccc(C(C)(C)C)cc1. The highest BCUT2D eigenvalue weighted by molar-refractivity contribution is 5.77. The van der Waals surface area contributed by atoms with Crippen LogP contribution in [0.2, 0.25) is 0 Å². The predicted molar refractivity (Wildman–Crippen MR) is 86.1 cm³/mol. The van der Waals surface area contributed by atoms with E-state index in [1.165, 1.54) is 5.56 Å². The van der Waals surface area contributed by atoms with Gasteiger partial charge in [0.1, 0.15) is 0 Å². The molecule has 3 heteroatoms. The Labute approximate surface area is 123 Å². The Hall–Kier alpha value is -1.51. The molecule has 112 valence electrons. The molecule has 0 saturated heterocycles. The number of rotatable bonds is 4. The largest absolute Gasteiger partial charge is 0.385 e. The van der Waals surface area contributed by atoms with E-state index in [1.807, 2.05) is 20.8 Å². The van der Waals surface area contributed by atoms with Gasteiger partial charge in [-0.1, -0.05) is 32.9 Å². The summed E-state index contributed by atoms with van der Waals surface area (Å²) in [4.78, 5) is 11.7. The lowest BCUT2D eigenvalue weighted by Crippen LogP contribution is -2.41. The Bertz CT molecular complexity index is 436. The van der Waals surface area contributed by atoms with E-state index in [2.05, 4.69) is 55.7 Å². The van der Waals surface area contributed by atoms with Crippen LogP contribution >= 0.6 is 0 Å². The van der Waals surface area contributed by atoms with Crippen molar-refractivity contribution in [3.8, 4) is 0 Å². The molecule has 0 aliphatic carbocycles. The van der Waals surface area contributed by atoms with Gasteiger partial charge in [0.25, 0.3) is 0 Å². The molecule has 2 N–H and O–H groups in total. The van der Waals surface area contributed by atoms with E-state index in [4.69, 9.17) is 0 Å². The van der Waals surface area contributed by atoms with Crippen molar-refractivity contribution in [2.24, 2.45) is 0 Å². The van der Waals surface area contributed by atoms with Crippen molar-refractivity contribution in [2.75, 3.05) is 11.9 Å². The highest BCUT2D eigenvalue weighted by Gasteiger charge is 2.14. The molecule has 1 rings (SSSR count). The fourth-order valence-electron chi connectivity index (χ4n) is 1.89. The second kappa shape index (κ2) is 6.29. The van der Waals surface area contributed by atoms with Crippen LogP contribution in [0.25, 0.3) is 0 Å². The van der Waals surface area contributed by atoms with Crippen LogP contribution in [0.5, 0.6) is 0 Å². The van der Waals surface area contributed by atoms with Crippen LogP contribution in [0.4, 0.5) is 5.69 Å². The van der Waals surface area contributed by atoms with Crippen molar-refractivity contribution in [3.63, 3.8) is 0 Å². The molecular weight excluding hydrogens is 248 g/mol. The van der Waals surface area contributed by atoms with Crippen molar-refractivity contribution < 1.29 is 4.79 Å². The zero-order valence-electron chi connectivity index (χ0n) is 13.6. The Morgan fingerprint density at radius 1 is 1.00 bits per heavy atom. The van der Waals surface area contributed by atoms with Gasteiger partial charge in [-0.25, -0.2) is 0 Å². The Balaban J connectivity index is 2.42. The molecule has 1 aromatic carbocycles. The second-order valence-corrected chi connectivity index (χ2v) is 7.30. The van der Waals surface area contributed by atoms with Crippen molar-refractivity contribution >= 4 is 11.6 Å². The van der Waals surface area contributed by atoms with Gasteiger partial charge >= 0.3 is 0 Å². The summed E-state index contributed by atoms with van der Waals surface area (Å²) in [6.45, 7) is 13.2. The van der Waals surface area contributed by atoms with E-state index in [-0.39, 0.29) is 16.9 Å². The van der Waals surface area contributed by atoms with Crippen LogP contribution < -0.4 is 10.6 Å². The molecule has 0 radical (unpaired) electrons. The van der Waals surface area contributed by atoms with E-state index in [0.717, 1.165) is 5.69 Å². The molecule has 20 heavy (non-hydrogen) atoms. The third-order valence-electron chi connectivity index (χ3n) is 2.95. The molecule has 0 heterocycles. The Morgan fingerprint density at radius 2 is 1.55 bits per heavy atom. The molecule has 1 aromatic rings. The van der Waals surface area contributed by atoms with Crippen LogP contribution in [-0.4, -0.2) is 18.0 Å². The molecule has 0 unspecified atom stereocenters. The number of nitrogens with one attached hydrogen (secondary N) is 2. The first-order valence-electron chi connectivity index (χ1n) is 7.23. The average molecular weight is 276 g/mol. The monoisotopic (exact) mass is 276 g/mol. The molecule has 3 nitrogen and oxygen atoms in total. The fourth-order valence-corrected chi connectivity index (χ4v) is 1.89. The molecule has 0 aliphatic heterocycles. The zero-order valence-corrected chi connectivity index (χ0v) is 13.6. The summed E-state index contributed by atoms with van der Waals surface area (Å²) < 4.78 is 0. The quantitative estimate of drug-likeness (QED) is 0.880. The van der Waals surface area contributed by atoms with Crippen molar-refractivity contribution in [2.45, 2.75) is 58.9 Å². The van der Waals surface area contributed by atoms with Gasteiger partial charge in [0.2, 0.25) is 5.91 Å². The lowest BCUT2D eigenvalue weighted by Gasteiger charge is -2.21. The van der Waals surface area contributed by atoms with Crippen LogP contribution in [0.3, 0.4) is 0 Å². The predicted octanol–water partition coefficient (Wildman–Crippen LogP) is 3.70. The first kappa shape index (κ1) is 16.5. The lowest BCUT2D eigenvalue weighted by atomic mass is 9.87. The van der Waals surface area contributed by atoms with Crippen molar-refractivity contribution in [1.82, 2.24) is 5.32 Å². The van der Waals surface area contributed by atoms with Gasteiger partial charge in [-0.2, -0.15) is 0 Å². The summed E-state index contributed by atoms with van der Waals surface area (Å²) in [6, 6.07) is 8.42. The fraction of sp³-hybridized carbons (Fsp3) is 0.588. The van der Waals surface area contributed by atoms with E-state index in [9.17, 15) is 4.79 Å². The van der Waals surface area contributed by atoms with E-state index < -0.39 is 0 Å². The van der Waals surface area contributed by atoms with Gasteiger partial charge in [0.15, 0.2) is 0 Å². The molecular formula is C17H28N2O. The molecule has 0 aromatic heterocycles. The van der Waals surface area contributed by atoms with Crippen molar-refractivity contribution in [1.29, 1.82) is 0 Å². The van der Waals surface area contributed by atoms with E-state index >= 15 is 0 Å². The summed E-state index contributed by atoms with van der Waals surface area (Å²) >= 11 is 0. The summed E-state index contributed by atoms with van der Waals surface area (Å²) in [6.07, 6.45) is 0.484. The van der Waals surface area contributed by atoms with Gasteiger partial charge in [-0.3, -0.25) is 4.79 Å². The smallest absolute Gasteiger partial charge is 0.222 e. The lowest BCUT2D eigenvalue weighted by molar-refractivity contribution is -0.122. The van der Waals surface area contributed by atoms with Gasteiger partial charge in [0.05, 0.1) is 0 Å². The number of hydrogen-bond donors (Lipinski definition) is 2. The normalized spacial score (nSPS) is 12.1. The molecule has 1 amide bonds. The third kappa shape index (κ3) is 6.09. The Kier molecular flexibility index (Phi) is 5.21. The number of anilines is 1. The third-order valence-corrected chi connectivity index (χ3v) is 2.95. The maximum Gasteiger partial charge on any atom is 0.222 e. The summed E-state index contributed by atoms with van der Waals surface area (Å²) in [5, 5.41) is 6.23. The first-order valence-corrected chi connectivity index (χ1v) is 7.23. The molecule has 0 spiro atoms. The van der Waals surface area contributed by atoms with Crippen LogP contribution in [0.1, 0.15) is 53.5 Å². The standard InChI is InChI=1S/C17H28N2O/c1-16(2,3)13-7-9-14(10-8-13)18-12-11-15(20)19-17(4,5)6/h7-10,18H,11-12H2,1-6H3,(H,19,20). The number of benzene rings is 1. The van der Waals surface area contributed by atoms with E-state index in [1.54, 1.807) is 0 Å². The van der Waals surface area contributed by atoms with Crippen molar-refractivity contribution in [3.05, 3.63) is 29.8 Å². The summed E-state index contributed by atoms with van der Waals surface area (Å²) in [7, 11) is 0. The van der Waals surface area contributed by atoms with Crippen LogP contribution in [0, 0.1) is 0 Å². The van der Waals surface area contributed by atoms with Gasteiger partial charge < -0.3 is 10.6 Å². The highest BCUT2D eigenvalue weighted by Crippen LogP contribution is 2.23. The van der Waals surface area contributed by atoms with Gasteiger partial charge in [-0.15, -0.1) is 0 Å². The van der Waals surface area contributed by atoms with Gasteiger partial charge in [0, 0.05) is 24.2 Å². The van der Waals surface area contributed by atoms with Gasteiger partial charge in [-0.05, 0) is 43.9 Å². The highest BCUT2D eigenvalue weighted by atomic mass is 16.1. The zero-order chi connectivity index (χ0) is 15.4. The van der Waals surface area contributed by atoms with Crippen LogP contribution in [0.15, 0.2) is 24.3 Å². The molecule has 0 fully saturated rings. The number of carbonyl (C=O) groups excluding carboxylic acids is 1. The minimum absolute atomic E-state index is 0.0799. The molecule has 0 atom stereocenters. The van der Waals surface area contributed by atoms with E-state index in [0.29, 0.717) is 13.0 Å².